The molecule has 0 fully saturated rings. The highest BCUT2D eigenvalue weighted by atomic mass is 32.2. The van der Waals surface area contributed by atoms with E-state index in [2.05, 4.69) is 10.3 Å². The molecule has 0 aliphatic heterocycles. The maximum absolute atomic E-state index is 11.1. The molecule has 0 atom stereocenters. The fourth-order valence-corrected chi connectivity index (χ4v) is 2.16. The zero-order valence-electron chi connectivity index (χ0n) is 9.42. The molecule has 0 bridgehead atoms. The third-order valence-electron chi connectivity index (χ3n) is 2.19. The van der Waals surface area contributed by atoms with E-state index in [0.29, 0.717) is 12.3 Å². The van der Waals surface area contributed by atoms with E-state index in [1.165, 1.54) is 11.8 Å². The van der Waals surface area contributed by atoms with Crippen LogP contribution in [0.2, 0.25) is 0 Å². The van der Waals surface area contributed by atoms with E-state index in [1.807, 2.05) is 22.9 Å². The quantitative estimate of drug-likeness (QED) is 0.815. The summed E-state index contributed by atoms with van der Waals surface area (Å²) in [6.07, 6.45) is 5.23. The Labute approximate surface area is 103 Å². The van der Waals surface area contributed by atoms with E-state index in [1.54, 1.807) is 19.5 Å². The van der Waals surface area contributed by atoms with Gasteiger partial charge in [-0.2, -0.15) is 0 Å². The lowest BCUT2D eigenvalue weighted by Gasteiger charge is -2.04. The number of carbonyl (C=O) groups is 1. The summed E-state index contributed by atoms with van der Waals surface area (Å²) in [6, 6.07) is 3.76. The zero-order chi connectivity index (χ0) is 12.1. The minimum absolute atomic E-state index is 0.0115. The third kappa shape index (κ3) is 3.13. The first-order valence-corrected chi connectivity index (χ1v) is 6.15. The number of thioether (sulfide) groups is 1. The van der Waals surface area contributed by atoms with Crippen LogP contribution in [0.25, 0.3) is 0 Å². The van der Waals surface area contributed by atoms with Gasteiger partial charge in [-0.1, -0.05) is 11.8 Å². The van der Waals surface area contributed by atoms with Crippen molar-refractivity contribution in [3.63, 3.8) is 0 Å². The average molecular weight is 251 g/mol. The fraction of sp³-hybridized carbons (Fsp3) is 0.273. The van der Waals surface area contributed by atoms with E-state index in [9.17, 15) is 4.79 Å². The maximum Gasteiger partial charge on any atom is 0.230 e. The van der Waals surface area contributed by atoms with Crippen LogP contribution in [0.1, 0.15) is 5.76 Å². The minimum atomic E-state index is -0.0115. The van der Waals surface area contributed by atoms with Crippen molar-refractivity contribution in [2.24, 2.45) is 0 Å². The summed E-state index contributed by atoms with van der Waals surface area (Å²) < 4.78 is 7.22. The topological polar surface area (TPSA) is 60.1 Å². The van der Waals surface area contributed by atoms with Gasteiger partial charge in [-0.3, -0.25) is 4.79 Å². The Balaban J connectivity index is 1.99. The minimum Gasteiger partial charge on any atom is -0.467 e. The van der Waals surface area contributed by atoms with Crippen LogP contribution in [0.3, 0.4) is 0 Å². The monoisotopic (exact) mass is 251 g/mol. The first-order valence-electron chi connectivity index (χ1n) is 5.16. The lowest BCUT2D eigenvalue weighted by molar-refractivity contribution is -0.118. The number of nitrogens with one attached hydrogen (secondary N) is 1. The van der Waals surface area contributed by atoms with Gasteiger partial charge in [0, 0.05) is 19.4 Å². The van der Waals surface area contributed by atoms with E-state index >= 15 is 0 Å². The SMILES string of the molecule is CNC(=O)CSc1nccn1Cc1ccco1. The standard InChI is InChI=1S/C11H13N3O2S/c1-12-10(15)8-17-11-13-4-5-14(11)7-9-3-2-6-16-9/h2-6H,7-8H2,1H3,(H,12,15). The molecule has 5 nitrogen and oxygen atoms in total. The first kappa shape index (κ1) is 11.8. The number of aromatic nitrogens is 2. The molecule has 2 rings (SSSR count). The maximum atomic E-state index is 11.1. The number of hydrogen-bond donors (Lipinski definition) is 1. The Kier molecular flexibility index (Phi) is 3.87. The Morgan fingerprint density at radius 1 is 1.65 bits per heavy atom. The van der Waals surface area contributed by atoms with Crippen molar-refractivity contribution in [2.75, 3.05) is 12.8 Å². The summed E-state index contributed by atoms with van der Waals surface area (Å²) in [7, 11) is 1.62. The number of hydrogen-bond acceptors (Lipinski definition) is 4. The van der Waals surface area contributed by atoms with Crippen LogP contribution in [0, 0.1) is 0 Å². The molecule has 0 aromatic carbocycles. The summed E-state index contributed by atoms with van der Waals surface area (Å²) in [4.78, 5) is 15.4. The molecule has 17 heavy (non-hydrogen) atoms. The van der Waals surface area contributed by atoms with Gasteiger partial charge in [0.2, 0.25) is 5.91 Å². The highest BCUT2D eigenvalue weighted by Crippen LogP contribution is 2.17. The summed E-state index contributed by atoms with van der Waals surface area (Å²) in [5, 5.41) is 3.39. The van der Waals surface area contributed by atoms with Gasteiger partial charge in [0.1, 0.15) is 5.76 Å². The molecule has 0 saturated carbocycles. The predicted octanol–water partition coefficient (Wildman–Crippen LogP) is 1.36. The molecule has 1 N–H and O–H groups in total. The smallest absolute Gasteiger partial charge is 0.230 e. The van der Waals surface area contributed by atoms with Crippen LogP contribution in [0.4, 0.5) is 0 Å². The molecule has 1 amide bonds. The molecule has 0 saturated heterocycles. The Bertz CT molecular complexity index is 479. The second kappa shape index (κ2) is 5.58. The fourth-order valence-electron chi connectivity index (χ4n) is 1.33. The molecule has 0 unspecified atom stereocenters. The molecule has 0 aliphatic rings. The largest absolute Gasteiger partial charge is 0.467 e. The van der Waals surface area contributed by atoms with E-state index in [0.717, 1.165) is 10.9 Å². The highest BCUT2D eigenvalue weighted by molar-refractivity contribution is 7.99. The molecular weight excluding hydrogens is 238 g/mol. The van der Waals surface area contributed by atoms with Crippen molar-refractivity contribution in [2.45, 2.75) is 11.7 Å². The van der Waals surface area contributed by atoms with Crippen molar-refractivity contribution in [1.29, 1.82) is 0 Å². The predicted molar refractivity (Wildman–Crippen MR) is 64.8 cm³/mol. The molecule has 6 heteroatoms. The van der Waals surface area contributed by atoms with Gasteiger partial charge < -0.3 is 14.3 Å². The van der Waals surface area contributed by atoms with Crippen molar-refractivity contribution in [1.82, 2.24) is 14.9 Å². The summed E-state index contributed by atoms with van der Waals surface area (Å²) in [5.74, 6) is 1.22. The number of furan rings is 1. The van der Waals surface area contributed by atoms with E-state index < -0.39 is 0 Å². The van der Waals surface area contributed by atoms with Crippen LogP contribution >= 0.6 is 11.8 Å². The van der Waals surface area contributed by atoms with Crippen molar-refractivity contribution in [3.05, 3.63) is 36.5 Å². The lowest BCUT2D eigenvalue weighted by Crippen LogP contribution is -2.20. The molecule has 2 aromatic rings. The van der Waals surface area contributed by atoms with Gasteiger partial charge in [-0.05, 0) is 12.1 Å². The summed E-state index contributed by atoms with van der Waals surface area (Å²) in [5.41, 5.74) is 0. The Morgan fingerprint density at radius 2 is 2.53 bits per heavy atom. The third-order valence-corrected chi connectivity index (χ3v) is 3.20. The average Bonchev–Trinajstić information content (AvgIpc) is 2.98. The first-order chi connectivity index (χ1) is 8.29. The van der Waals surface area contributed by atoms with Crippen molar-refractivity contribution < 1.29 is 9.21 Å². The Morgan fingerprint density at radius 3 is 3.24 bits per heavy atom. The van der Waals surface area contributed by atoms with Gasteiger partial charge in [-0.25, -0.2) is 4.98 Å². The van der Waals surface area contributed by atoms with Gasteiger partial charge >= 0.3 is 0 Å². The highest BCUT2D eigenvalue weighted by Gasteiger charge is 2.07. The molecule has 0 spiro atoms. The van der Waals surface area contributed by atoms with Crippen LogP contribution in [-0.4, -0.2) is 28.3 Å². The molecule has 0 radical (unpaired) electrons. The Hall–Kier alpha value is -1.69. The summed E-state index contributed by atoms with van der Waals surface area (Å²) in [6.45, 7) is 0.628. The van der Waals surface area contributed by atoms with Crippen LogP contribution < -0.4 is 5.32 Å². The van der Waals surface area contributed by atoms with Gasteiger partial charge in [0.15, 0.2) is 5.16 Å². The summed E-state index contributed by atoms with van der Waals surface area (Å²) >= 11 is 1.41. The second-order valence-corrected chi connectivity index (χ2v) is 4.32. The lowest BCUT2D eigenvalue weighted by atomic mass is 10.4. The molecule has 2 aromatic heterocycles. The molecule has 90 valence electrons. The molecule has 0 aliphatic carbocycles. The second-order valence-electron chi connectivity index (χ2n) is 3.38. The van der Waals surface area contributed by atoms with E-state index in [-0.39, 0.29) is 5.91 Å². The van der Waals surface area contributed by atoms with E-state index in [4.69, 9.17) is 4.42 Å². The van der Waals surface area contributed by atoms with Crippen LogP contribution in [0.5, 0.6) is 0 Å². The van der Waals surface area contributed by atoms with Gasteiger partial charge in [0.05, 0.1) is 18.6 Å². The number of carbonyl (C=O) groups excluding carboxylic acids is 1. The number of amides is 1. The normalized spacial score (nSPS) is 10.4. The number of rotatable bonds is 5. The van der Waals surface area contributed by atoms with Gasteiger partial charge in [-0.15, -0.1) is 0 Å². The number of imidazole rings is 1. The van der Waals surface area contributed by atoms with Crippen molar-refractivity contribution in [3.8, 4) is 0 Å². The zero-order valence-corrected chi connectivity index (χ0v) is 10.2. The number of nitrogens with zero attached hydrogens (tertiary/aromatic N) is 2. The van der Waals surface area contributed by atoms with Crippen LogP contribution in [-0.2, 0) is 11.3 Å². The van der Waals surface area contributed by atoms with Crippen LogP contribution in [0.15, 0.2) is 40.4 Å². The molecular formula is C11H13N3O2S. The van der Waals surface area contributed by atoms with Gasteiger partial charge in [0.25, 0.3) is 0 Å². The van der Waals surface area contributed by atoms with Crippen molar-refractivity contribution >= 4 is 17.7 Å². The molecule has 2 heterocycles.